The Kier molecular flexibility index (Phi) is 6.13. The van der Waals surface area contributed by atoms with E-state index in [2.05, 4.69) is 5.09 Å². The number of hydrogen-bond donors (Lipinski definition) is 3. The Morgan fingerprint density at radius 3 is 2.64 bits per heavy atom. The SMILES string of the molecule is CC(C)[C@H](C)N[P@](=O)(OC[C@H]1OC(n2ccc(=O)[nH]c2=O)[C@@]2(F)C[C@]12O)Oc1ccccc1. The Bertz CT molecular complexity index is 1170. The van der Waals surface area contributed by atoms with E-state index in [-0.39, 0.29) is 18.4 Å². The summed E-state index contributed by atoms with van der Waals surface area (Å²) in [6, 6.07) is 9.23. The van der Waals surface area contributed by atoms with E-state index in [1.165, 1.54) is 0 Å². The minimum absolute atomic E-state index is 0.103. The summed E-state index contributed by atoms with van der Waals surface area (Å²) in [5.41, 5.74) is -5.70. The molecule has 3 N–H and O–H groups in total. The lowest BCUT2D eigenvalue weighted by Crippen LogP contribution is -2.36. The lowest BCUT2D eigenvalue weighted by atomic mass is 10.1. The number of hydrogen-bond acceptors (Lipinski definition) is 7. The molecule has 1 aliphatic carbocycles. The third-order valence-electron chi connectivity index (χ3n) is 6.17. The summed E-state index contributed by atoms with van der Waals surface area (Å²) in [5.74, 6) is 0.408. The lowest BCUT2D eigenvalue weighted by molar-refractivity contribution is -0.0857. The molecule has 33 heavy (non-hydrogen) atoms. The van der Waals surface area contributed by atoms with E-state index in [1.54, 1.807) is 30.3 Å². The van der Waals surface area contributed by atoms with Gasteiger partial charge in [0.1, 0.15) is 17.5 Å². The van der Waals surface area contributed by atoms with Crippen molar-refractivity contribution >= 4 is 7.75 Å². The second-order valence-corrected chi connectivity index (χ2v) is 10.5. The van der Waals surface area contributed by atoms with Crippen LogP contribution >= 0.6 is 7.75 Å². The van der Waals surface area contributed by atoms with Gasteiger partial charge >= 0.3 is 13.4 Å². The first-order valence-corrected chi connectivity index (χ1v) is 12.2. The number of nitrogens with one attached hydrogen (secondary N) is 2. The maximum absolute atomic E-state index is 15.4. The second-order valence-electron chi connectivity index (χ2n) is 8.82. The smallest absolute Gasteiger partial charge is 0.413 e. The first-order chi connectivity index (χ1) is 15.5. The van der Waals surface area contributed by atoms with Crippen LogP contribution in [0.4, 0.5) is 4.39 Å². The number of ether oxygens (including phenoxy) is 1. The largest absolute Gasteiger partial charge is 0.459 e. The highest BCUT2D eigenvalue weighted by atomic mass is 31.2. The second kappa shape index (κ2) is 8.48. The number of aliphatic hydroxyl groups is 1. The summed E-state index contributed by atoms with van der Waals surface area (Å²) >= 11 is 0. The van der Waals surface area contributed by atoms with Crippen LogP contribution in [0.25, 0.3) is 0 Å². The van der Waals surface area contributed by atoms with Crippen molar-refractivity contribution in [3.8, 4) is 5.75 Å². The number of aromatic nitrogens is 2. The fourth-order valence-electron chi connectivity index (χ4n) is 3.76. The van der Waals surface area contributed by atoms with Crippen molar-refractivity contribution in [2.24, 2.45) is 5.92 Å². The van der Waals surface area contributed by atoms with Crippen LogP contribution in [0.5, 0.6) is 5.75 Å². The molecule has 1 saturated carbocycles. The first-order valence-electron chi connectivity index (χ1n) is 10.6. The Morgan fingerprint density at radius 2 is 2.00 bits per heavy atom. The zero-order chi connectivity index (χ0) is 24.0. The molecule has 2 fully saturated rings. The molecule has 2 aliphatic rings. The molecule has 10 nitrogen and oxygen atoms in total. The molecule has 12 heteroatoms. The Balaban J connectivity index is 1.53. The van der Waals surface area contributed by atoms with Crippen LogP contribution in [0, 0.1) is 5.92 Å². The van der Waals surface area contributed by atoms with Crippen LogP contribution in [0.3, 0.4) is 0 Å². The molecule has 0 bridgehead atoms. The Morgan fingerprint density at radius 1 is 1.30 bits per heavy atom. The molecule has 1 unspecified atom stereocenters. The average molecular weight is 483 g/mol. The van der Waals surface area contributed by atoms with Crippen LogP contribution < -0.4 is 20.9 Å². The number of para-hydroxylation sites is 1. The topological polar surface area (TPSA) is 132 Å². The predicted octanol–water partition coefficient (Wildman–Crippen LogP) is 2.11. The summed E-state index contributed by atoms with van der Waals surface area (Å²) in [4.78, 5) is 25.5. The van der Waals surface area contributed by atoms with Crippen LogP contribution in [0.1, 0.15) is 33.4 Å². The van der Waals surface area contributed by atoms with E-state index in [1.807, 2.05) is 25.8 Å². The third-order valence-corrected chi connectivity index (χ3v) is 7.83. The normalized spacial score (nSPS) is 31.1. The molecule has 0 spiro atoms. The molecule has 1 aliphatic heterocycles. The Labute approximate surface area is 189 Å². The van der Waals surface area contributed by atoms with Crippen LogP contribution in [-0.4, -0.2) is 44.7 Å². The van der Waals surface area contributed by atoms with Crippen molar-refractivity contribution < 1.29 is 27.8 Å². The maximum Gasteiger partial charge on any atom is 0.459 e. The number of nitrogens with zero attached hydrogens (tertiary/aromatic N) is 1. The van der Waals surface area contributed by atoms with Crippen molar-refractivity contribution in [2.75, 3.05) is 6.61 Å². The summed E-state index contributed by atoms with van der Waals surface area (Å²) in [5, 5.41) is 13.7. The molecule has 0 amide bonds. The molecule has 1 saturated heterocycles. The van der Waals surface area contributed by atoms with Crippen molar-refractivity contribution in [1.29, 1.82) is 0 Å². The van der Waals surface area contributed by atoms with Gasteiger partial charge in [0.25, 0.3) is 5.56 Å². The molecule has 0 radical (unpaired) electrons. The molecule has 1 aromatic heterocycles. The molecule has 180 valence electrons. The van der Waals surface area contributed by atoms with Gasteiger partial charge in [0.15, 0.2) is 11.9 Å². The molecule has 2 heterocycles. The molecular formula is C21H27FN3O7P. The Hall–Kier alpha value is -2.30. The number of rotatable bonds is 9. The van der Waals surface area contributed by atoms with Crippen molar-refractivity contribution in [3.63, 3.8) is 0 Å². The van der Waals surface area contributed by atoms with E-state index in [0.717, 1.165) is 16.8 Å². The molecule has 6 atom stereocenters. The number of alkyl halides is 1. The highest BCUT2D eigenvalue weighted by Gasteiger charge is 2.82. The highest BCUT2D eigenvalue weighted by molar-refractivity contribution is 7.52. The van der Waals surface area contributed by atoms with E-state index in [9.17, 15) is 19.3 Å². The molecule has 4 rings (SSSR count). The van der Waals surface area contributed by atoms with Gasteiger partial charge in [-0.2, -0.15) is 0 Å². The van der Waals surface area contributed by atoms with Gasteiger partial charge in [0.2, 0.25) is 0 Å². The minimum Gasteiger partial charge on any atom is -0.413 e. The summed E-state index contributed by atoms with van der Waals surface area (Å²) in [6.45, 7) is 5.22. The molecule has 1 aromatic carbocycles. The van der Waals surface area contributed by atoms with E-state index in [4.69, 9.17) is 13.8 Å². The van der Waals surface area contributed by atoms with Crippen LogP contribution in [-0.2, 0) is 13.8 Å². The quantitative estimate of drug-likeness (QED) is 0.462. The summed E-state index contributed by atoms with van der Waals surface area (Å²) < 4.78 is 46.7. The third kappa shape index (κ3) is 4.43. The lowest BCUT2D eigenvalue weighted by Gasteiger charge is -2.27. The van der Waals surface area contributed by atoms with E-state index in [0.29, 0.717) is 5.75 Å². The number of halogens is 1. The van der Waals surface area contributed by atoms with Gasteiger partial charge in [-0.05, 0) is 25.0 Å². The minimum atomic E-state index is -3.95. The van der Waals surface area contributed by atoms with Crippen molar-refractivity contribution in [1.82, 2.24) is 14.6 Å². The molecular weight excluding hydrogens is 456 g/mol. The number of aromatic amines is 1. The van der Waals surface area contributed by atoms with Gasteiger partial charge in [-0.15, -0.1) is 0 Å². The van der Waals surface area contributed by atoms with Crippen molar-refractivity contribution in [2.45, 2.75) is 56.8 Å². The monoisotopic (exact) mass is 483 g/mol. The zero-order valence-corrected chi connectivity index (χ0v) is 19.3. The van der Waals surface area contributed by atoms with Gasteiger partial charge in [-0.3, -0.25) is 18.9 Å². The fraction of sp³-hybridized carbons (Fsp3) is 0.524. The van der Waals surface area contributed by atoms with Crippen LogP contribution in [0.2, 0.25) is 0 Å². The highest BCUT2D eigenvalue weighted by Crippen LogP contribution is 2.66. The van der Waals surface area contributed by atoms with Gasteiger partial charge in [0, 0.05) is 24.7 Å². The average Bonchev–Trinajstić information content (AvgIpc) is 3.24. The van der Waals surface area contributed by atoms with Gasteiger partial charge in [0.05, 0.1) is 6.61 Å². The zero-order valence-electron chi connectivity index (χ0n) is 18.4. The fourth-order valence-corrected chi connectivity index (χ4v) is 5.46. The standard InChI is InChI=1S/C21H27FN3O7P/c1-13(2)14(3)24-33(29,32-15-7-5-4-6-8-15)30-11-16-21(28)12-20(21,22)18(31-16)25-10-9-17(26)23-19(25)27/h4-10,13-14,16,18,28H,11-12H2,1-3H3,(H,24,29)(H,23,26,27)/t14-,16+,18?,20-,21-,33-/m0/s1. The molecule has 2 aromatic rings. The van der Waals surface area contributed by atoms with Gasteiger partial charge in [-0.1, -0.05) is 32.0 Å². The number of H-pyrrole nitrogens is 1. The number of benzene rings is 1. The summed E-state index contributed by atoms with van der Waals surface area (Å²) in [7, 11) is -3.95. The predicted molar refractivity (Wildman–Crippen MR) is 117 cm³/mol. The van der Waals surface area contributed by atoms with E-state index < -0.39 is 49.2 Å². The van der Waals surface area contributed by atoms with Gasteiger partial charge < -0.3 is 14.4 Å². The number of fused-ring (bicyclic) bond motifs is 1. The first kappa shape index (κ1) is 23.8. The van der Waals surface area contributed by atoms with E-state index >= 15 is 4.39 Å². The maximum atomic E-state index is 15.4. The van der Waals surface area contributed by atoms with Crippen LogP contribution in [0.15, 0.2) is 52.2 Å². The van der Waals surface area contributed by atoms with Gasteiger partial charge in [-0.25, -0.2) is 18.8 Å². The summed E-state index contributed by atoms with van der Waals surface area (Å²) in [6.07, 6.45) is -1.90. The van der Waals surface area contributed by atoms with Crippen molar-refractivity contribution in [3.05, 3.63) is 63.4 Å².